The van der Waals surface area contributed by atoms with Crippen molar-refractivity contribution in [3.63, 3.8) is 0 Å². The van der Waals surface area contributed by atoms with Crippen molar-refractivity contribution >= 4 is 12.2 Å². The van der Waals surface area contributed by atoms with Crippen molar-refractivity contribution in [2.45, 2.75) is 13.3 Å². The lowest BCUT2D eigenvalue weighted by molar-refractivity contribution is 0.338. The summed E-state index contributed by atoms with van der Waals surface area (Å²) >= 11 is 0. The molecule has 5 heteroatoms. The molecule has 0 aliphatic rings. The summed E-state index contributed by atoms with van der Waals surface area (Å²) in [5, 5.41) is 0. The first-order valence-corrected chi connectivity index (χ1v) is 4.80. The van der Waals surface area contributed by atoms with Gasteiger partial charge in [-0.25, -0.2) is 4.99 Å². The number of allylic oxidation sites excluding steroid dienone is 1. The predicted molar refractivity (Wildman–Crippen MR) is 69.3 cm³/mol. The van der Waals surface area contributed by atoms with E-state index in [0.29, 0.717) is 13.0 Å². The van der Waals surface area contributed by atoms with Crippen LogP contribution in [0, 0.1) is 11.8 Å². The number of aliphatic imine (C=N–C) groups is 2. The first kappa shape index (κ1) is 16.6. The highest BCUT2D eigenvalue weighted by Gasteiger charge is 1.82. The van der Waals surface area contributed by atoms with E-state index in [4.69, 9.17) is 5.73 Å². The van der Waals surface area contributed by atoms with Crippen LogP contribution in [0.2, 0.25) is 0 Å². The summed E-state index contributed by atoms with van der Waals surface area (Å²) in [6.07, 6.45) is 5.36. The van der Waals surface area contributed by atoms with E-state index >= 15 is 0 Å². The number of nitrogens with two attached hydrogens (primary N) is 2. The molecule has 0 heterocycles. The van der Waals surface area contributed by atoms with Crippen molar-refractivity contribution in [2.75, 3.05) is 20.7 Å². The van der Waals surface area contributed by atoms with Crippen molar-refractivity contribution in [3.8, 4) is 11.8 Å². The summed E-state index contributed by atoms with van der Waals surface area (Å²) in [5.41, 5.74) is 9.97. The maximum absolute atomic E-state index is 5.47. The van der Waals surface area contributed by atoms with Gasteiger partial charge in [0.15, 0.2) is 0 Å². The third-order valence-corrected chi connectivity index (χ3v) is 1.19. The Balaban J connectivity index is 0. The standard InChI is InChI=1S/C10H15N3O.CH5N/c1-3-4-5-7-12-10(11)13-8-6-9-14-2;1-2/h6,8-9H,5,7H2,1-2H3,(H2,11,12);2H2,1H3/b9-6+,13-8-;. The minimum Gasteiger partial charge on any atom is -0.504 e. The minimum absolute atomic E-state index is 0.253. The van der Waals surface area contributed by atoms with Crippen LogP contribution < -0.4 is 11.5 Å². The molecule has 0 amide bonds. The highest BCUT2D eigenvalue weighted by atomic mass is 16.5. The summed E-state index contributed by atoms with van der Waals surface area (Å²) < 4.78 is 4.67. The lowest BCUT2D eigenvalue weighted by atomic mass is 10.4. The van der Waals surface area contributed by atoms with E-state index in [1.807, 2.05) is 0 Å². The highest BCUT2D eigenvalue weighted by Crippen LogP contribution is 1.80. The number of guanidine groups is 1. The molecule has 0 rings (SSSR count). The van der Waals surface area contributed by atoms with Gasteiger partial charge in [-0.05, 0) is 20.0 Å². The Labute approximate surface area is 97.3 Å². The molecule has 5 nitrogen and oxygen atoms in total. The molecule has 0 fully saturated rings. The van der Waals surface area contributed by atoms with Crippen LogP contribution in [0.5, 0.6) is 0 Å². The van der Waals surface area contributed by atoms with E-state index in [2.05, 4.69) is 32.3 Å². The van der Waals surface area contributed by atoms with Crippen LogP contribution in [-0.4, -0.2) is 32.9 Å². The number of ether oxygens (including phenoxy) is 1. The molecular formula is C11H20N4O. The highest BCUT2D eigenvalue weighted by molar-refractivity contribution is 5.89. The van der Waals surface area contributed by atoms with Crippen LogP contribution in [0.4, 0.5) is 0 Å². The molecule has 0 aliphatic heterocycles. The normalized spacial score (nSPS) is 10.6. The second kappa shape index (κ2) is 15.7. The van der Waals surface area contributed by atoms with Gasteiger partial charge in [-0.15, -0.1) is 11.8 Å². The predicted octanol–water partition coefficient (Wildman–Crippen LogP) is 0.520. The van der Waals surface area contributed by atoms with Crippen LogP contribution in [-0.2, 0) is 4.74 Å². The van der Waals surface area contributed by atoms with Gasteiger partial charge in [-0.3, -0.25) is 4.99 Å². The van der Waals surface area contributed by atoms with Crippen molar-refractivity contribution in [1.29, 1.82) is 0 Å². The average molecular weight is 224 g/mol. The Bertz CT molecular complexity index is 284. The van der Waals surface area contributed by atoms with Crippen molar-refractivity contribution in [2.24, 2.45) is 21.5 Å². The van der Waals surface area contributed by atoms with E-state index in [1.165, 1.54) is 19.5 Å². The third-order valence-electron chi connectivity index (χ3n) is 1.19. The second-order valence-electron chi connectivity index (χ2n) is 2.26. The van der Waals surface area contributed by atoms with Gasteiger partial charge in [-0.2, -0.15) is 0 Å². The Morgan fingerprint density at radius 1 is 1.44 bits per heavy atom. The quantitative estimate of drug-likeness (QED) is 0.240. The second-order valence-corrected chi connectivity index (χ2v) is 2.26. The zero-order chi connectivity index (χ0) is 12.6. The maximum Gasteiger partial charge on any atom is 0.215 e. The molecule has 0 aromatic heterocycles. The molecule has 4 N–H and O–H groups in total. The van der Waals surface area contributed by atoms with E-state index in [0.717, 1.165) is 0 Å². The zero-order valence-electron chi connectivity index (χ0n) is 10.1. The number of methoxy groups -OCH3 is 1. The smallest absolute Gasteiger partial charge is 0.215 e. The summed E-state index contributed by atoms with van der Waals surface area (Å²) in [6.45, 7) is 2.37. The molecule has 90 valence electrons. The van der Waals surface area contributed by atoms with Gasteiger partial charge >= 0.3 is 0 Å². The monoisotopic (exact) mass is 224 g/mol. The maximum atomic E-state index is 5.47. The molecule has 0 saturated heterocycles. The Hall–Kier alpha value is -1.80. The van der Waals surface area contributed by atoms with Crippen molar-refractivity contribution < 1.29 is 4.74 Å². The molecule has 0 unspecified atom stereocenters. The fourth-order valence-corrected chi connectivity index (χ4v) is 0.625. The molecule has 0 aliphatic carbocycles. The molecule has 0 radical (unpaired) electrons. The fourth-order valence-electron chi connectivity index (χ4n) is 0.625. The van der Waals surface area contributed by atoms with Gasteiger partial charge in [0.25, 0.3) is 0 Å². The topological polar surface area (TPSA) is 86.0 Å². The number of hydrogen-bond acceptors (Lipinski definition) is 3. The largest absolute Gasteiger partial charge is 0.504 e. The third kappa shape index (κ3) is 14.7. The molecule has 0 aromatic rings. The molecule has 0 atom stereocenters. The van der Waals surface area contributed by atoms with Crippen molar-refractivity contribution in [3.05, 3.63) is 12.3 Å². The molecule has 0 bridgehead atoms. The molecular weight excluding hydrogens is 204 g/mol. The lowest BCUT2D eigenvalue weighted by Crippen LogP contribution is -2.08. The molecule has 0 aromatic carbocycles. The van der Waals surface area contributed by atoms with Gasteiger partial charge in [0, 0.05) is 12.6 Å². The minimum atomic E-state index is 0.253. The Morgan fingerprint density at radius 2 is 2.12 bits per heavy atom. The van der Waals surface area contributed by atoms with E-state index in [9.17, 15) is 0 Å². The SMILES string of the molecule is CC#CCCN=C(N)/N=C\C=C\OC.CN. The summed E-state index contributed by atoms with van der Waals surface area (Å²) in [4.78, 5) is 7.83. The summed E-state index contributed by atoms with van der Waals surface area (Å²) in [7, 11) is 3.06. The van der Waals surface area contributed by atoms with Gasteiger partial charge in [0.05, 0.1) is 19.9 Å². The van der Waals surface area contributed by atoms with Crippen LogP contribution >= 0.6 is 0 Å². The molecule has 16 heavy (non-hydrogen) atoms. The Morgan fingerprint density at radius 3 is 2.69 bits per heavy atom. The van der Waals surface area contributed by atoms with Crippen molar-refractivity contribution in [1.82, 2.24) is 0 Å². The van der Waals surface area contributed by atoms with Gasteiger partial charge in [-0.1, -0.05) is 0 Å². The van der Waals surface area contributed by atoms with Gasteiger partial charge < -0.3 is 16.2 Å². The first-order chi connectivity index (χ1) is 7.81. The fraction of sp³-hybridized carbons (Fsp3) is 0.455. The van der Waals surface area contributed by atoms with Crippen LogP contribution in [0.1, 0.15) is 13.3 Å². The van der Waals surface area contributed by atoms with Crippen LogP contribution in [0.25, 0.3) is 0 Å². The zero-order valence-corrected chi connectivity index (χ0v) is 10.1. The average Bonchev–Trinajstić information content (AvgIpc) is 2.33. The summed E-state index contributed by atoms with van der Waals surface area (Å²) in [5.74, 6) is 5.91. The lowest BCUT2D eigenvalue weighted by Gasteiger charge is -1.89. The van der Waals surface area contributed by atoms with Gasteiger partial charge in [0.2, 0.25) is 5.96 Å². The number of rotatable bonds is 4. The Kier molecular flexibility index (Phi) is 16.3. The molecule has 0 spiro atoms. The van der Waals surface area contributed by atoms with E-state index in [1.54, 1.807) is 20.1 Å². The van der Waals surface area contributed by atoms with E-state index in [-0.39, 0.29) is 5.96 Å². The number of nitrogens with zero attached hydrogens (tertiary/aromatic N) is 2. The molecule has 0 saturated carbocycles. The van der Waals surface area contributed by atoms with Crippen LogP contribution in [0.15, 0.2) is 22.3 Å². The summed E-state index contributed by atoms with van der Waals surface area (Å²) in [6, 6.07) is 0. The van der Waals surface area contributed by atoms with E-state index < -0.39 is 0 Å². The van der Waals surface area contributed by atoms with Gasteiger partial charge in [0.1, 0.15) is 0 Å². The van der Waals surface area contributed by atoms with Crippen LogP contribution in [0.3, 0.4) is 0 Å². The first-order valence-electron chi connectivity index (χ1n) is 4.80. The number of hydrogen-bond donors (Lipinski definition) is 2.